The Bertz CT molecular complexity index is 171. The molecule has 0 aliphatic rings. The van der Waals surface area contributed by atoms with Crippen molar-refractivity contribution in [2.24, 2.45) is 11.1 Å². The summed E-state index contributed by atoms with van der Waals surface area (Å²) in [5.74, 6) is 0. The molecule has 0 aromatic carbocycles. The lowest BCUT2D eigenvalue weighted by molar-refractivity contribution is 0.0706. The summed E-state index contributed by atoms with van der Waals surface area (Å²) in [5.41, 5.74) is 6.30. The molecule has 16 heavy (non-hydrogen) atoms. The van der Waals surface area contributed by atoms with Crippen LogP contribution in [0.2, 0.25) is 0 Å². The highest BCUT2D eigenvalue weighted by Gasteiger charge is 2.31. The van der Waals surface area contributed by atoms with Gasteiger partial charge in [0.05, 0.1) is 6.61 Å². The van der Waals surface area contributed by atoms with Crippen molar-refractivity contribution < 1.29 is 5.11 Å². The largest absolute Gasteiger partial charge is 0.395 e. The average Bonchev–Trinajstić information content (AvgIpc) is 2.18. The second-order valence-corrected chi connectivity index (χ2v) is 5.68. The van der Waals surface area contributed by atoms with Crippen LogP contribution in [0, 0.1) is 5.41 Å². The molecular formula is C13H30N2O. The molecule has 0 heterocycles. The molecule has 0 spiro atoms. The van der Waals surface area contributed by atoms with Gasteiger partial charge in [-0.3, -0.25) is 4.90 Å². The number of nitrogens with two attached hydrogens (primary N) is 1. The summed E-state index contributed by atoms with van der Waals surface area (Å²) in [6.07, 6.45) is 2.21. The first-order valence-electron chi connectivity index (χ1n) is 6.48. The molecule has 3 heteroatoms. The fourth-order valence-corrected chi connectivity index (χ4v) is 2.05. The topological polar surface area (TPSA) is 49.5 Å². The van der Waals surface area contributed by atoms with Crippen molar-refractivity contribution >= 4 is 0 Å². The van der Waals surface area contributed by atoms with Gasteiger partial charge in [0.1, 0.15) is 0 Å². The highest BCUT2D eigenvalue weighted by molar-refractivity contribution is 4.89. The minimum absolute atomic E-state index is 0.00981. The Morgan fingerprint density at radius 1 is 1.12 bits per heavy atom. The second kappa shape index (κ2) is 7.25. The van der Waals surface area contributed by atoms with Crippen LogP contribution in [0.25, 0.3) is 0 Å². The van der Waals surface area contributed by atoms with E-state index in [0.29, 0.717) is 0 Å². The van der Waals surface area contributed by atoms with Gasteiger partial charge in [0.15, 0.2) is 0 Å². The third-order valence-electron chi connectivity index (χ3n) is 3.09. The molecule has 98 valence electrons. The minimum Gasteiger partial charge on any atom is -0.395 e. The van der Waals surface area contributed by atoms with Gasteiger partial charge >= 0.3 is 0 Å². The summed E-state index contributed by atoms with van der Waals surface area (Å²) in [4.78, 5) is 2.33. The molecule has 0 aliphatic heterocycles. The number of aliphatic hydroxyl groups excluding tert-OH is 1. The molecule has 0 aromatic heterocycles. The highest BCUT2D eigenvalue weighted by Crippen LogP contribution is 2.23. The second-order valence-electron chi connectivity index (χ2n) is 5.68. The lowest BCUT2D eigenvalue weighted by Crippen LogP contribution is -2.55. The third-order valence-corrected chi connectivity index (χ3v) is 3.09. The molecule has 0 bridgehead atoms. The number of rotatable bonds is 7. The van der Waals surface area contributed by atoms with Gasteiger partial charge in [-0.25, -0.2) is 0 Å². The van der Waals surface area contributed by atoms with Gasteiger partial charge in [0.2, 0.25) is 0 Å². The van der Waals surface area contributed by atoms with Crippen LogP contribution in [0.3, 0.4) is 0 Å². The summed E-state index contributed by atoms with van der Waals surface area (Å²) in [5, 5.41) is 9.56. The Morgan fingerprint density at radius 2 is 1.56 bits per heavy atom. The summed E-state index contributed by atoms with van der Waals surface area (Å²) >= 11 is 0. The number of aliphatic hydroxyl groups is 1. The maximum Gasteiger partial charge on any atom is 0.0602 e. The molecule has 0 saturated carbocycles. The van der Waals surface area contributed by atoms with Crippen molar-refractivity contribution in [1.82, 2.24) is 4.90 Å². The van der Waals surface area contributed by atoms with Crippen molar-refractivity contribution in [1.29, 1.82) is 0 Å². The molecule has 0 aromatic rings. The fraction of sp³-hybridized carbons (Fsp3) is 1.00. The van der Waals surface area contributed by atoms with Gasteiger partial charge in [0, 0.05) is 12.1 Å². The van der Waals surface area contributed by atoms with Gasteiger partial charge in [0.25, 0.3) is 0 Å². The van der Waals surface area contributed by atoms with Crippen molar-refractivity contribution in [2.75, 3.05) is 19.7 Å². The van der Waals surface area contributed by atoms with E-state index < -0.39 is 0 Å². The number of hydrogen-bond acceptors (Lipinski definition) is 3. The van der Waals surface area contributed by atoms with Gasteiger partial charge in [-0.05, 0) is 31.3 Å². The molecule has 0 radical (unpaired) electrons. The zero-order valence-electron chi connectivity index (χ0n) is 11.7. The van der Waals surface area contributed by atoms with Crippen molar-refractivity contribution in [2.45, 2.75) is 59.5 Å². The number of nitrogens with zero attached hydrogens (tertiary/aromatic N) is 1. The Labute approximate surface area is 101 Å². The SMILES string of the molecule is CCCN(CCC)C(CO)C(N)C(C)(C)C. The zero-order chi connectivity index (χ0) is 12.8. The van der Waals surface area contributed by atoms with E-state index in [9.17, 15) is 5.11 Å². The van der Waals surface area contributed by atoms with Crippen LogP contribution in [-0.4, -0.2) is 41.8 Å². The van der Waals surface area contributed by atoms with E-state index >= 15 is 0 Å². The molecule has 0 saturated heterocycles. The lowest BCUT2D eigenvalue weighted by Gasteiger charge is -2.40. The quantitative estimate of drug-likeness (QED) is 0.701. The van der Waals surface area contributed by atoms with Gasteiger partial charge in [-0.1, -0.05) is 34.6 Å². The maximum atomic E-state index is 9.56. The van der Waals surface area contributed by atoms with Crippen LogP contribution < -0.4 is 5.73 Å². The summed E-state index contributed by atoms with van der Waals surface area (Å²) in [6, 6.07) is 0.0931. The first-order chi connectivity index (χ1) is 7.38. The minimum atomic E-state index is 0.00981. The normalized spacial score (nSPS) is 16.5. The summed E-state index contributed by atoms with van der Waals surface area (Å²) < 4.78 is 0. The van der Waals surface area contributed by atoms with Crippen LogP contribution in [0.4, 0.5) is 0 Å². The predicted octanol–water partition coefficient (Wildman–Crippen LogP) is 1.84. The van der Waals surface area contributed by atoms with Crippen molar-refractivity contribution in [3.8, 4) is 0 Å². The molecule has 3 N–H and O–H groups in total. The van der Waals surface area contributed by atoms with Crippen LogP contribution in [0.5, 0.6) is 0 Å². The molecule has 3 nitrogen and oxygen atoms in total. The molecule has 0 amide bonds. The summed E-state index contributed by atoms with van der Waals surface area (Å²) in [7, 11) is 0. The molecule has 2 unspecified atom stereocenters. The highest BCUT2D eigenvalue weighted by atomic mass is 16.3. The average molecular weight is 230 g/mol. The van der Waals surface area contributed by atoms with Crippen LogP contribution >= 0.6 is 0 Å². The van der Waals surface area contributed by atoms with E-state index in [1.165, 1.54) is 0 Å². The molecule has 0 rings (SSSR count). The predicted molar refractivity (Wildman–Crippen MR) is 70.5 cm³/mol. The Balaban J connectivity index is 4.64. The molecule has 0 aliphatic carbocycles. The number of hydrogen-bond donors (Lipinski definition) is 2. The molecular weight excluding hydrogens is 200 g/mol. The maximum absolute atomic E-state index is 9.56. The van der Waals surface area contributed by atoms with Crippen LogP contribution in [0.1, 0.15) is 47.5 Å². The van der Waals surface area contributed by atoms with E-state index in [1.807, 2.05) is 0 Å². The smallest absolute Gasteiger partial charge is 0.0602 e. The zero-order valence-corrected chi connectivity index (χ0v) is 11.7. The third kappa shape index (κ3) is 4.81. The van der Waals surface area contributed by atoms with Crippen LogP contribution in [0.15, 0.2) is 0 Å². The Hall–Kier alpha value is -0.120. The first kappa shape index (κ1) is 15.9. The van der Waals surface area contributed by atoms with E-state index in [-0.39, 0.29) is 24.1 Å². The van der Waals surface area contributed by atoms with E-state index in [0.717, 1.165) is 25.9 Å². The van der Waals surface area contributed by atoms with Crippen molar-refractivity contribution in [3.05, 3.63) is 0 Å². The van der Waals surface area contributed by atoms with Crippen molar-refractivity contribution in [3.63, 3.8) is 0 Å². The van der Waals surface area contributed by atoms with Gasteiger partial charge < -0.3 is 10.8 Å². The molecule has 2 atom stereocenters. The van der Waals surface area contributed by atoms with E-state index in [4.69, 9.17) is 5.73 Å². The first-order valence-corrected chi connectivity index (χ1v) is 6.48. The lowest BCUT2D eigenvalue weighted by atomic mass is 9.82. The van der Waals surface area contributed by atoms with E-state index in [1.54, 1.807) is 0 Å². The van der Waals surface area contributed by atoms with Crippen LogP contribution in [-0.2, 0) is 0 Å². The molecule has 0 fully saturated rings. The Morgan fingerprint density at radius 3 is 1.81 bits per heavy atom. The standard InChI is InChI=1S/C13H30N2O/c1-6-8-15(9-7-2)11(10-16)12(14)13(3,4)5/h11-12,16H,6-10,14H2,1-5H3. The fourth-order valence-electron chi connectivity index (χ4n) is 2.05. The Kier molecular flexibility index (Phi) is 7.20. The van der Waals surface area contributed by atoms with Gasteiger partial charge in [-0.15, -0.1) is 0 Å². The summed E-state index contributed by atoms with van der Waals surface area (Å²) in [6.45, 7) is 12.9. The van der Waals surface area contributed by atoms with Gasteiger partial charge in [-0.2, -0.15) is 0 Å². The monoisotopic (exact) mass is 230 g/mol. The van der Waals surface area contributed by atoms with E-state index in [2.05, 4.69) is 39.5 Å².